The number of amides is 1. The van der Waals surface area contributed by atoms with Gasteiger partial charge in [-0.3, -0.25) is 9.69 Å². The third kappa shape index (κ3) is 3.87. The van der Waals surface area contributed by atoms with Crippen molar-refractivity contribution >= 4 is 17.2 Å². The van der Waals surface area contributed by atoms with E-state index in [1.807, 2.05) is 35.7 Å². The van der Waals surface area contributed by atoms with Crippen LogP contribution in [-0.2, 0) is 6.54 Å². The van der Waals surface area contributed by atoms with Gasteiger partial charge in [0, 0.05) is 31.2 Å². The number of nitrogens with one attached hydrogen (secondary N) is 1. The Hall–Kier alpha value is -2.43. The summed E-state index contributed by atoms with van der Waals surface area (Å²) in [7, 11) is 0. The van der Waals surface area contributed by atoms with E-state index in [2.05, 4.69) is 45.9 Å². The molecule has 0 radical (unpaired) electrons. The van der Waals surface area contributed by atoms with Gasteiger partial charge in [-0.25, -0.2) is 0 Å². The molecule has 3 aromatic rings. The molecule has 2 heterocycles. The van der Waals surface area contributed by atoms with Gasteiger partial charge in [-0.1, -0.05) is 48.5 Å². The Morgan fingerprint density at radius 3 is 2.69 bits per heavy atom. The average molecular weight is 362 g/mol. The SMILES string of the molecule is O=C(NC1CCN(Cc2ccccc2)C1)c1ccccc1-c1ccsc1. The Labute approximate surface area is 158 Å². The summed E-state index contributed by atoms with van der Waals surface area (Å²) in [5.41, 5.74) is 4.19. The number of benzene rings is 2. The molecule has 1 atom stereocenters. The van der Waals surface area contributed by atoms with E-state index in [0.29, 0.717) is 0 Å². The number of nitrogens with zero attached hydrogens (tertiary/aromatic N) is 1. The fraction of sp³-hybridized carbons (Fsp3) is 0.227. The van der Waals surface area contributed by atoms with Crippen LogP contribution in [0, 0.1) is 0 Å². The first kappa shape index (κ1) is 17.0. The van der Waals surface area contributed by atoms with Crippen molar-refractivity contribution in [1.29, 1.82) is 0 Å². The van der Waals surface area contributed by atoms with Crippen LogP contribution in [0.3, 0.4) is 0 Å². The normalized spacial score (nSPS) is 17.3. The lowest BCUT2D eigenvalue weighted by Crippen LogP contribution is -2.37. The highest BCUT2D eigenvalue weighted by Crippen LogP contribution is 2.26. The minimum Gasteiger partial charge on any atom is -0.348 e. The lowest BCUT2D eigenvalue weighted by atomic mass is 10.0. The van der Waals surface area contributed by atoms with Crippen LogP contribution in [0.1, 0.15) is 22.3 Å². The fourth-order valence-electron chi connectivity index (χ4n) is 3.55. The van der Waals surface area contributed by atoms with Gasteiger partial charge in [0.25, 0.3) is 5.91 Å². The lowest BCUT2D eigenvalue weighted by Gasteiger charge is -2.17. The minimum atomic E-state index is 0.0263. The Morgan fingerprint density at radius 2 is 1.88 bits per heavy atom. The van der Waals surface area contributed by atoms with E-state index < -0.39 is 0 Å². The molecule has 2 aromatic carbocycles. The standard InChI is InChI=1S/C22H22N2OS/c25-22(21-9-5-4-8-20(21)18-11-13-26-16-18)23-19-10-12-24(15-19)14-17-6-2-1-3-7-17/h1-9,11,13,16,19H,10,12,14-15H2,(H,23,25). The van der Waals surface area contributed by atoms with Gasteiger partial charge in [0.2, 0.25) is 0 Å². The topological polar surface area (TPSA) is 32.3 Å². The summed E-state index contributed by atoms with van der Waals surface area (Å²) >= 11 is 1.65. The number of thiophene rings is 1. The molecule has 1 amide bonds. The van der Waals surface area contributed by atoms with E-state index in [9.17, 15) is 4.79 Å². The van der Waals surface area contributed by atoms with Gasteiger partial charge in [0.05, 0.1) is 0 Å². The molecule has 1 unspecified atom stereocenters. The van der Waals surface area contributed by atoms with E-state index in [1.165, 1.54) is 5.56 Å². The number of likely N-dealkylation sites (tertiary alicyclic amines) is 1. The van der Waals surface area contributed by atoms with Crippen molar-refractivity contribution in [3.05, 3.63) is 82.6 Å². The maximum absolute atomic E-state index is 12.9. The third-order valence-electron chi connectivity index (χ3n) is 4.86. The van der Waals surface area contributed by atoms with Gasteiger partial charge in [-0.2, -0.15) is 11.3 Å². The number of hydrogen-bond acceptors (Lipinski definition) is 3. The number of rotatable bonds is 5. The Balaban J connectivity index is 1.40. The van der Waals surface area contributed by atoms with Gasteiger partial charge in [0.15, 0.2) is 0 Å². The molecule has 4 rings (SSSR count). The van der Waals surface area contributed by atoms with E-state index in [1.54, 1.807) is 11.3 Å². The van der Waals surface area contributed by atoms with Crippen LogP contribution in [0.4, 0.5) is 0 Å². The van der Waals surface area contributed by atoms with Crippen LogP contribution in [0.15, 0.2) is 71.4 Å². The zero-order valence-electron chi connectivity index (χ0n) is 14.6. The van der Waals surface area contributed by atoms with Gasteiger partial charge >= 0.3 is 0 Å². The van der Waals surface area contributed by atoms with E-state index in [-0.39, 0.29) is 11.9 Å². The number of carbonyl (C=O) groups excluding carboxylic acids is 1. The second-order valence-corrected chi connectivity index (χ2v) is 7.52. The van der Waals surface area contributed by atoms with Gasteiger partial charge in [0.1, 0.15) is 0 Å². The molecule has 1 saturated heterocycles. The first-order valence-corrected chi connectivity index (χ1v) is 9.92. The first-order chi connectivity index (χ1) is 12.8. The molecule has 1 aromatic heterocycles. The third-order valence-corrected chi connectivity index (χ3v) is 5.54. The molecule has 1 fully saturated rings. The molecule has 26 heavy (non-hydrogen) atoms. The quantitative estimate of drug-likeness (QED) is 0.729. The van der Waals surface area contributed by atoms with Gasteiger partial charge in [-0.05, 0) is 46.0 Å². The molecule has 4 heteroatoms. The maximum atomic E-state index is 12.9. The predicted molar refractivity (Wildman–Crippen MR) is 107 cm³/mol. The molecule has 1 N–H and O–H groups in total. The van der Waals surface area contributed by atoms with Crippen molar-refractivity contribution in [3.8, 4) is 11.1 Å². The Kier molecular flexibility index (Phi) is 5.14. The highest BCUT2D eigenvalue weighted by atomic mass is 32.1. The fourth-order valence-corrected chi connectivity index (χ4v) is 4.21. The monoisotopic (exact) mass is 362 g/mol. The zero-order valence-corrected chi connectivity index (χ0v) is 15.4. The lowest BCUT2D eigenvalue weighted by molar-refractivity contribution is 0.0938. The molecule has 1 aliphatic rings. The molecule has 1 aliphatic heterocycles. The maximum Gasteiger partial charge on any atom is 0.252 e. The number of hydrogen-bond donors (Lipinski definition) is 1. The van der Waals surface area contributed by atoms with E-state index in [4.69, 9.17) is 0 Å². The van der Waals surface area contributed by atoms with Crippen LogP contribution in [0.2, 0.25) is 0 Å². The predicted octanol–water partition coefficient (Wildman–Crippen LogP) is 4.42. The van der Waals surface area contributed by atoms with Crippen molar-refractivity contribution in [2.45, 2.75) is 19.0 Å². The van der Waals surface area contributed by atoms with Crippen molar-refractivity contribution in [2.75, 3.05) is 13.1 Å². The van der Waals surface area contributed by atoms with Crippen molar-refractivity contribution in [3.63, 3.8) is 0 Å². The summed E-state index contributed by atoms with van der Waals surface area (Å²) < 4.78 is 0. The van der Waals surface area contributed by atoms with E-state index >= 15 is 0 Å². The average Bonchev–Trinajstić information content (AvgIpc) is 3.35. The van der Waals surface area contributed by atoms with Crippen LogP contribution in [-0.4, -0.2) is 29.9 Å². The molecular weight excluding hydrogens is 340 g/mol. The summed E-state index contributed by atoms with van der Waals surface area (Å²) in [5, 5.41) is 7.37. The Morgan fingerprint density at radius 1 is 1.08 bits per heavy atom. The van der Waals surface area contributed by atoms with Crippen molar-refractivity contribution in [2.24, 2.45) is 0 Å². The van der Waals surface area contributed by atoms with E-state index in [0.717, 1.165) is 42.7 Å². The summed E-state index contributed by atoms with van der Waals surface area (Å²) in [6.07, 6.45) is 0.999. The van der Waals surface area contributed by atoms with Crippen LogP contribution in [0.5, 0.6) is 0 Å². The first-order valence-electron chi connectivity index (χ1n) is 8.98. The van der Waals surface area contributed by atoms with Crippen LogP contribution >= 0.6 is 11.3 Å². The van der Waals surface area contributed by atoms with Gasteiger partial charge in [-0.15, -0.1) is 0 Å². The molecule has 0 saturated carbocycles. The summed E-state index contributed by atoms with van der Waals surface area (Å²) in [6, 6.07) is 20.6. The number of carbonyl (C=O) groups is 1. The van der Waals surface area contributed by atoms with Crippen molar-refractivity contribution < 1.29 is 4.79 Å². The smallest absolute Gasteiger partial charge is 0.252 e. The van der Waals surface area contributed by atoms with Crippen LogP contribution < -0.4 is 5.32 Å². The summed E-state index contributed by atoms with van der Waals surface area (Å²) in [4.78, 5) is 15.3. The molecule has 0 bridgehead atoms. The molecule has 0 spiro atoms. The second kappa shape index (κ2) is 7.85. The summed E-state index contributed by atoms with van der Waals surface area (Å²) in [5.74, 6) is 0.0263. The van der Waals surface area contributed by atoms with Crippen molar-refractivity contribution in [1.82, 2.24) is 10.2 Å². The highest BCUT2D eigenvalue weighted by molar-refractivity contribution is 7.08. The molecule has 3 nitrogen and oxygen atoms in total. The largest absolute Gasteiger partial charge is 0.348 e. The molecule has 0 aliphatic carbocycles. The molecular formula is C22H22N2OS. The second-order valence-electron chi connectivity index (χ2n) is 6.74. The van der Waals surface area contributed by atoms with Gasteiger partial charge < -0.3 is 5.32 Å². The summed E-state index contributed by atoms with van der Waals surface area (Å²) in [6.45, 7) is 2.87. The highest BCUT2D eigenvalue weighted by Gasteiger charge is 2.25. The molecule has 132 valence electrons. The van der Waals surface area contributed by atoms with Crippen LogP contribution in [0.25, 0.3) is 11.1 Å². The zero-order chi connectivity index (χ0) is 17.8. The Bertz CT molecular complexity index is 861. The minimum absolute atomic E-state index is 0.0263.